The van der Waals surface area contributed by atoms with Gasteiger partial charge in [-0.1, -0.05) is 26.7 Å². The van der Waals surface area contributed by atoms with Crippen LogP contribution < -0.4 is 5.32 Å². The van der Waals surface area contributed by atoms with E-state index in [2.05, 4.69) is 10.3 Å². The Balaban J connectivity index is 2.03. The lowest BCUT2D eigenvalue weighted by molar-refractivity contribution is -0.299. The first kappa shape index (κ1) is 25.2. The Bertz CT molecular complexity index is 559. The highest BCUT2D eigenvalue weighted by Gasteiger charge is 2.47. The van der Waals surface area contributed by atoms with Crippen LogP contribution in [0.15, 0.2) is 16.8 Å². The lowest BCUT2D eigenvalue weighted by atomic mass is 9.97. The monoisotopic (exact) mass is 432 g/mol. The third kappa shape index (κ3) is 6.69. The Hall–Kier alpha value is -1.11. The molecule has 0 radical (unpaired) electrons. The van der Waals surface area contributed by atoms with Crippen molar-refractivity contribution in [2.24, 2.45) is 4.99 Å². The van der Waals surface area contributed by atoms with Crippen LogP contribution in [0.1, 0.15) is 39.5 Å². The number of aliphatic imine (C=N–C) groups is 1. The van der Waals surface area contributed by atoms with Crippen molar-refractivity contribution in [3.8, 4) is 0 Å². The standard InChI is InChI=1S/C20H36N2O8/c1-3-5-7-21-10-12-9-13(24)15(25)20(28-12)30-18-14(11-23)29-19(17(27)16(18)26)22-8-6-4-2/h9-10,13-20,22-27H,3-8,11H2,1-2H3/t13-,14+,15+,16+,17+,18+,19+,20-/m0/s1. The Morgan fingerprint density at radius 3 is 2.50 bits per heavy atom. The number of nitrogens with zero attached hydrogens (tertiary/aromatic N) is 1. The molecule has 0 unspecified atom stereocenters. The summed E-state index contributed by atoms with van der Waals surface area (Å²) in [6.45, 7) is 4.77. The molecule has 0 saturated carbocycles. The zero-order valence-electron chi connectivity index (χ0n) is 17.6. The summed E-state index contributed by atoms with van der Waals surface area (Å²) >= 11 is 0. The van der Waals surface area contributed by atoms with Crippen LogP contribution in [-0.2, 0) is 14.2 Å². The van der Waals surface area contributed by atoms with Crippen molar-refractivity contribution in [3.63, 3.8) is 0 Å². The van der Waals surface area contributed by atoms with E-state index >= 15 is 0 Å². The first-order valence-corrected chi connectivity index (χ1v) is 10.7. The first-order valence-electron chi connectivity index (χ1n) is 10.7. The highest BCUT2D eigenvalue weighted by molar-refractivity contribution is 5.76. The van der Waals surface area contributed by atoms with Gasteiger partial charge in [-0.2, -0.15) is 0 Å². The predicted molar refractivity (Wildman–Crippen MR) is 109 cm³/mol. The molecule has 0 aromatic heterocycles. The molecule has 1 saturated heterocycles. The quantitative estimate of drug-likeness (QED) is 0.179. The van der Waals surface area contributed by atoms with Crippen LogP contribution in [0.4, 0.5) is 0 Å². The number of aliphatic hydroxyl groups excluding tert-OH is 5. The van der Waals surface area contributed by atoms with Crippen molar-refractivity contribution < 1.29 is 39.7 Å². The Labute approximate surface area is 177 Å². The Morgan fingerprint density at radius 2 is 1.83 bits per heavy atom. The lowest BCUT2D eigenvalue weighted by Gasteiger charge is -2.44. The second kappa shape index (κ2) is 12.7. The third-order valence-corrected chi connectivity index (χ3v) is 5.11. The zero-order valence-corrected chi connectivity index (χ0v) is 17.6. The average Bonchev–Trinajstić information content (AvgIpc) is 2.73. The van der Waals surface area contributed by atoms with Gasteiger partial charge in [-0.25, -0.2) is 0 Å². The zero-order chi connectivity index (χ0) is 22.1. The van der Waals surface area contributed by atoms with Crippen LogP contribution in [-0.4, -0.2) is 101 Å². The SMILES string of the molecule is CCCCN=CC1=C[C@H](O)[C@@H](O)[C@H](O[C@H]2[C@H](O)[C@@H](O)[C@H](NCCCC)O[C@@H]2CO)O1. The number of unbranched alkanes of at least 4 members (excludes halogenated alkanes) is 2. The largest absolute Gasteiger partial charge is 0.461 e. The molecule has 10 nitrogen and oxygen atoms in total. The van der Waals surface area contributed by atoms with E-state index in [9.17, 15) is 25.5 Å². The molecule has 2 aliphatic heterocycles. The van der Waals surface area contributed by atoms with E-state index < -0.39 is 55.7 Å². The van der Waals surface area contributed by atoms with E-state index in [0.717, 1.165) is 25.7 Å². The third-order valence-electron chi connectivity index (χ3n) is 5.11. The number of hydrogen-bond acceptors (Lipinski definition) is 10. The van der Waals surface area contributed by atoms with Gasteiger partial charge in [0.05, 0.1) is 12.8 Å². The van der Waals surface area contributed by atoms with Crippen molar-refractivity contribution in [1.82, 2.24) is 5.32 Å². The van der Waals surface area contributed by atoms with E-state index in [4.69, 9.17) is 14.2 Å². The number of ether oxygens (including phenoxy) is 3. The minimum Gasteiger partial charge on any atom is -0.461 e. The maximum absolute atomic E-state index is 10.6. The van der Waals surface area contributed by atoms with Gasteiger partial charge in [-0.3, -0.25) is 10.3 Å². The fourth-order valence-corrected chi connectivity index (χ4v) is 3.26. The minimum atomic E-state index is -1.43. The van der Waals surface area contributed by atoms with Crippen molar-refractivity contribution in [1.29, 1.82) is 0 Å². The Morgan fingerprint density at radius 1 is 1.10 bits per heavy atom. The van der Waals surface area contributed by atoms with Gasteiger partial charge in [0.1, 0.15) is 48.6 Å². The maximum Gasteiger partial charge on any atom is 0.229 e. The van der Waals surface area contributed by atoms with Crippen molar-refractivity contribution in [2.45, 2.75) is 88.7 Å². The highest BCUT2D eigenvalue weighted by atomic mass is 16.7. The summed E-state index contributed by atoms with van der Waals surface area (Å²) in [6, 6.07) is 0. The predicted octanol–water partition coefficient (Wildman–Crippen LogP) is -0.967. The minimum absolute atomic E-state index is 0.223. The van der Waals surface area contributed by atoms with Gasteiger partial charge in [0.2, 0.25) is 6.29 Å². The summed E-state index contributed by atoms with van der Waals surface area (Å²) in [6.07, 6.45) is -3.30. The summed E-state index contributed by atoms with van der Waals surface area (Å²) in [5.41, 5.74) is 0. The van der Waals surface area contributed by atoms with Crippen molar-refractivity contribution in [3.05, 3.63) is 11.8 Å². The molecule has 30 heavy (non-hydrogen) atoms. The molecular weight excluding hydrogens is 396 g/mol. The van der Waals surface area contributed by atoms with E-state index in [1.807, 2.05) is 13.8 Å². The molecule has 1 fully saturated rings. The summed E-state index contributed by atoms with van der Waals surface area (Å²) in [4.78, 5) is 4.20. The van der Waals surface area contributed by atoms with Crippen LogP contribution >= 0.6 is 0 Å². The molecule has 0 aliphatic carbocycles. The van der Waals surface area contributed by atoms with Crippen LogP contribution in [0.2, 0.25) is 0 Å². The van der Waals surface area contributed by atoms with Gasteiger partial charge >= 0.3 is 0 Å². The van der Waals surface area contributed by atoms with E-state index in [0.29, 0.717) is 13.1 Å². The molecule has 2 aliphatic rings. The van der Waals surface area contributed by atoms with Gasteiger partial charge < -0.3 is 39.7 Å². The molecule has 0 aromatic carbocycles. The number of aliphatic hydroxyl groups is 5. The lowest BCUT2D eigenvalue weighted by Crippen LogP contribution is -2.64. The van der Waals surface area contributed by atoms with Gasteiger partial charge in [0.15, 0.2) is 0 Å². The normalized spacial score (nSPS) is 37.2. The average molecular weight is 433 g/mol. The fourth-order valence-electron chi connectivity index (χ4n) is 3.26. The summed E-state index contributed by atoms with van der Waals surface area (Å²) in [5, 5.41) is 54.0. The molecule has 174 valence electrons. The molecule has 6 N–H and O–H groups in total. The summed E-state index contributed by atoms with van der Waals surface area (Å²) in [7, 11) is 0. The van der Waals surface area contributed by atoms with E-state index in [1.54, 1.807) is 0 Å². The fraction of sp³-hybridized carbons (Fsp3) is 0.850. The van der Waals surface area contributed by atoms with Crippen molar-refractivity contribution in [2.75, 3.05) is 19.7 Å². The van der Waals surface area contributed by atoms with E-state index in [1.165, 1.54) is 12.3 Å². The number of hydrogen-bond donors (Lipinski definition) is 6. The molecule has 10 heteroatoms. The number of nitrogens with one attached hydrogen (secondary N) is 1. The molecule has 2 heterocycles. The molecule has 0 aromatic rings. The Kier molecular flexibility index (Phi) is 10.6. The van der Waals surface area contributed by atoms with Crippen LogP contribution in [0.5, 0.6) is 0 Å². The number of rotatable bonds is 11. The maximum atomic E-state index is 10.6. The molecule has 8 atom stereocenters. The second-order valence-corrected chi connectivity index (χ2v) is 7.59. The van der Waals surface area contributed by atoms with Crippen LogP contribution in [0.25, 0.3) is 0 Å². The van der Waals surface area contributed by atoms with Gasteiger partial charge in [0, 0.05) is 6.54 Å². The van der Waals surface area contributed by atoms with E-state index in [-0.39, 0.29) is 5.76 Å². The molecule has 0 bridgehead atoms. The first-order chi connectivity index (χ1) is 14.4. The smallest absolute Gasteiger partial charge is 0.229 e. The molecule has 0 spiro atoms. The number of allylic oxidation sites excluding steroid dienone is 1. The topological polar surface area (TPSA) is 153 Å². The summed E-state index contributed by atoms with van der Waals surface area (Å²) < 4.78 is 16.9. The molecule has 2 rings (SSSR count). The van der Waals surface area contributed by atoms with Crippen molar-refractivity contribution >= 4 is 6.21 Å². The van der Waals surface area contributed by atoms with Crippen LogP contribution in [0, 0.1) is 0 Å². The second-order valence-electron chi connectivity index (χ2n) is 7.59. The highest BCUT2D eigenvalue weighted by Crippen LogP contribution is 2.27. The van der Waals surface area contributed by atoms with Crippen LogP contribution in [0.3, 0.4) is 0 Å². The van der Waals surface area contributed by atoms with Gasteiger partial charge in [0.25, 0.3) is 0 Å². The summed E-state index contributed by atoms with van der Waals surface area (Å²) in [5.74, 6) is 0.223. The molecule has 0 amide bonds. The van der Waals surface area contributed by atoms with Gasteiger partial charge in [-0.05, 0) is 25.5 Å². The van der Waals surface area contributed by atoms with Gasteiger partial charge in [-0.15, -0.1) is 0 Å². The molecular formula is C20H36N2O8.